The van der Waals surface area contributed by atoms with E-state index in [4.69, 9.17) is 4.74 Å². The summed E-state index contributed by atoms with van der Waals surface area (Å²) in [5.74, 6) is 0.434. The van der Waals surface area contributed by atoms with Gasteiger partial charge in [0, 0.05) is 32.5 Å². The number of carbonyl (C=O) groups is 1. The van der Waals surface area contributed by atoms with E-state index in [1.165, 1.54) is 0 Å². The van der Waals surface area contributed by atoms with Crippen LogP contribution in [0.4, 0.5) is 16.4 Å². The van der Waals surface area contributed by atoms with E-state index in [0.29, 0.717) is 12.5 Å². The fourth-order valence-electron chi connectivity index (χ4n) is 2.79. The minimum absolute atomic E-state index is 0.273. The van der Waals surface area contributed by atoms with Crippen LogP contribution in [-0.4, -0.2) is 42.8 Å². The van der Waals surface area contributed by atoms with Crippen LogP contribution >= 0.6 is 0 Å². The topological polar surface area (TPSA) is 91.1 Å². The number of urea groups is 1. The van der Waals surface area contributed by atoms with Gasteiger partial charge in [0.25, 0.3) is 0 Å². The molecule has 4 N–H and O–H groups in total. The quantitative estimate of drug-likeness (QED) is 0.456. The monoisotopic (exact) mass is 367 g/mol. The highest BCUT2D eigenvalue weighted by atomic mass is 16.5. The van der Waals surface area contributed by atoms with Crippen molar-refractivity contribution in [3.63, 3.8) is 0 Å². The molecular weight excluding hydrogens is 342 g/mol. The first-order valence-electron chi connectivity index (χ1n) is 9.07. The van der Waals surface area contributed by atoms with E-state index in [0.717, 1.165) is 47.4 Å². The van der Waals surface area contributed by atoms with E-state index in [1.807, 2.05) is 25.1 Å². The molecule has 1 aromatic heterocycles. The Morgan fingerprint density at radius 2 is 1.93 bits per heavy atom. The minimum Gasteiger partial charge on any atom is -0.385 e. The maximum absolute atomic E-state index is 11.6. The fourth-order valence-corrected chi connectivity index (χ4v) is 2.79. The molecule has 7 heteroatoms. The standard InChI is InChI=1S/C20H25N5O2/c1-3-21-20(26)25-19-23-17-10-7-15(13-18(17)24-19)14-5-8-16(9-6-14)22-11-4-12-27-2/h5-10,13,22H,3-4,11-12H2,1-2H3,(H3,21,23,24,25,26). The number of carbonyl (C=O) groups excluding carboxylic acids is 1. The van der Waals surface area contributed by atoms with Gasteiger partial charge < -0.3 is 20.4 Å². The molecular formula is C20H25N5O2. The van der Waals surface area contributed by atoms with Crippen LogP contribution in [-0.2, 0) is 4.74 Å². The highest BCUT2D eigenvalue weighted by Gasteiger charge is 2.07. The third kappa shape index (κ3) is 4.98. The zero-order valence-corrected chi connectivity index (χ0v) is 15.6. The molecule has 0 radical (unpaired) electrons. The molecule has 27 heavy (non-hydrogen) atoms. The van der Waals surface area contributed by atoms with Gasteiger partial charge in [0.15, 0.2) is 0 Å². The Kier molecular flexibility index (Phi) is 6.27. The zero-order chi connectivity index (χ0) is 19.1. The smallest absolute Gasteiger partial charge is 0.321 e. The zero-order valence-electron chi connectivity index (χ0n) is 15.6. The Bertz CT molecular complexity index is 889. The highest BCUT2D eigenvalue weighted by Crippen LogP contribution is 2.25. The number of rotatable bonds is 8. The summed E-state index contributed by atoms with van der Waals surface area (Å²) in [5, 5.41) is 8.75. The summed E-state index contributed by atoms with van der Waals surface area (Å²) in [6.07, 6.45) is 0.974. The molecule has 2 amide bonds. The minimum atomic E-state index is -0.273. The number of anilines is 2. The number of hydrogen-bond acceptors (Lipinski definition) is 4. The molecule has 0 atom stereocenters. The maximum Gasteiger partial charge on any atom is 0.321 e. The predicted molar refractivity (Wildman–Crippen MR) is 109 cm³/mol. The number of benzene rings is 2. The van der Waals surface area contributed by atoms with Crippen molar-refractivity contribution in [3.8, 4) is 11.1 Å². The Hall–Kier alpha value is -3.06. The average molecular weight is 367 g/mol. The van der Waals surface area contributed by atoms with Crippen LogP contribution in [0, 0.1) is 0 Å². The van der Waals surface area contributed by atoms with Crippen LogP contribution < -0.4 is 16.0 Å². The molecule has 0 unspecified atom stereocenters. The number of amides is 2. The molecule has 0 fully saturated rings. The van der Waals surface area contributed by atoms with Gasteiger partial charge in [0.2, 0.25) is 5.95 Å². The number of nitrogens with one attached hydrogen (secondary N) is 4. The van der Waals surface area contributed by atoms with Gasteiger partial charge in [-0.05, 0) is 48.7 Å². The molecule has 0 saturated heterocycles. The Labute approximate surface area is 158 Å². The van der Waals surface area contributed by atoms with E-state index in [9.17, 15) is 4.79 Å². The largest absolute Gasteiger partial charge is 0.385 e. The summed E-state index contributed by atoms with van der Waals surface area (Å²) >= 11 is 0. The third-order valence-corrected chi connectivity index (χ3v) is 4.12. The van der Waals surface area contributed by atoms with Crippen LogP contribution in [0.2, 0.25) is 0 Å². The molecule has 0 bridgehead atoms. The summed E-state index contributed by atoms with van der Waals surface area (Å²) in [6.45, 7) is 4.07. The Morgan fingerprint density at radius 3 is 2.67 bits per heavy atom. The maximum atomic E-state index is 11.6. The number of ether oxygens (including phenoxy) is 1. The number of nitrogens with zero attached hydrogens (tertiary/aromatic N) is 1. The molecule has 0 spiro atoms. The van der Waals surface area contributed by atoms with Crippen molar-refractivity contribution >= 4 is 28.7 Å². The highest BCUT2D eigenvalue weighted by molar-refractivity contribution is 5.90. The third-order valence-electron chi connectivity index (χ3n) is 4.12. The second-order valence-electron chi connectivity index (χ2n) is 6.15. The van der Waals surface area contributed by atoms with E-state index < -0.39 is 0 Å². The number of hydrogen-bond donors (Lipinski definition) is 4. The second-order valence-corrected chi connectivity index (χ2v) is 6.15. The molecule has 0 aliphatic carbocycles. The van der Waals surface area contributed by atoms with E-state index in [1.54, 1.807) is 7.11 Å². The lowest BCUT2D eigenvalue weighted by Crippen LogP contribution is -2.28. The first kappa shape index (κ1) is 18.7. The van der Waals surface area contributed by atoms with E-state index in [2.05, 4.69) is 50.2 Å². The van der Waals surface area contributed by atoms with Crippen molar-refractivity contribution < 1.29 is 9.53 Å². The number of aromatic amines is 1. The van der Waals surface area contributed by atoms with Gasteiger partial charge in [-0.2, -0.15) is 0 Å². The van der Waals surface area contributed by atoms with Crippen molar-refractivity contribution in [1.82, 2.24) is 15.3 Å². The van der Waals surface area contributed by atoms with Crippen molar-refractivity contribution in [2.75, 3.05) is 37.4 Å². The Balaban J connectivity index is 1.70. The molecule has 142 valence electrons. The van der Waals surface area contributed by atoms with Crippen molar-refractivity contribution in [2.24, 2.45) is 0 Å². The van der Waals surface area contributed by atoms with Crippen molar-refractivity contribution in [3.05, 3.63) is 42.5 Å². The lowest BCUT2D eigenvalue weighted by molar-refractivity contribution is 0.198. The van der Waals surface area contributed by atoms with Gasteiger partial charge in [-0.3, -0.25) is 5.32 Å². The number of H-pyrrole nitrogens is 1. The lowest BCUT2D eigenvalue weighted by Gasteiger charge is -2.07. The van der Waals surface area contributed by atoms with Gasteiger partial charge in [-0.15, -0.1) is 0 Å². The second kappa shape index (κ2) is 9.05. The number of imidazole rings is 1. The SMILES string of the molecule is CCNC(=O)Nc1nc2ccc(-c3ccc(NCCCOC)cc3)cc2[nH]1. The van der Waals surface area contributed by atoms with Crippen LogP contribution in [0.1, 0.15) is 13.3 Å². The number of fused-ring (bicyclic) bond motifs is 1. The molecule has 0 saturated carbocycles. The predicted octanol–water partition coefficient (Wildman–Crippen LogP) is 3.82. The van der Waals surface area contributed by atoms with Crippen LogP contribution in [0.25, 0.3) is 22.2 Å². The molecule has 2 aromatic carbocycles. The van der Waals surface area contributed by atoms with Gasteiger partial charge in [0.1, 0.15) is 0 Å². The van der Waals surface area contributed by atoms with Crippen LogP contribution in [0.5, 0.6) is 0 Å². The molecule has 7 nitrogen and oxygen atoms in total. The summed E-state index contributed by atoms with van der Waals surface area (Å²) < 4.78 is 5.05. The van der Waals surface area contributed by atoms with E-state index >= 15 is 0 Å². The fraction of sp³-hybridized carbons (Fsp3) is 0.300. The van der Waals surface area contributed by atoms with Crippen LogP contribution in [0.15, 0.2) is 42.5 Å². The molecule has 3 aromatic rings. The Morgan fingerprint density at radius 1 is 1.15 bits per heavy atom. The first-order chi connectivity index (χ1) is 13.2. The average Bonchev–Trinajstić information content (AvgIpc) is 3.07. The molecule has 3 rings (SSSR count). The number of methoxy groups -OCH3 is 1. The first-order valence-corrected chi connectivity index (χ1v) is 9.07. The summed E-state index contributed by atoms with van der Waals surface area (Å²) in [6, 6.07) is 14.1. The normalized spacial score (nSPS) is 10.7. The van der Waals surface area contributed by atoms with E-state index in [-0.39, 0.29) is 6.03 Å². The molecule has 0 aliphatic rings. The molecule has 1 heterocycles. The van der Waals surface area contributed by atoms with Gasteiger partial charge in [-0.1, -0.05) is 18.2 Å². The summed E-state index contributed by atoms with van der Waals surface area (Å²) in [7, 11) is 1.71. The number of aromatic nitrogens is 2. The van der Waals surface area contributed by atoms with Crippen LogP contribution in [0.3, 0.4) is 0 Å². The summed E-state index contributed by atoms with van der Waals surface area (Å²) in [5.41, 5.74) is 4.97. The van der Waals surface area contributed by atoms with Crippen molar-refractivity contribution in [2.45, 2.75) is 13.3 Å². The van der Waals surface area contributed by atoms with Gasteiger partial charge in [-0.25, -0.2) is 9.78 Å². The molecule has 0 aliphatic heterocycles. The van der Waals surface area contributed by atoms with Gasteiger partial charge >= 0.3 is 6.03 Å². The van der Waals surface area contributed by atoms with Crippen molar-refractivity contribution in [1.29, 1.82) is 0 Å². The lowest BCUT2D eigenvalue weighted by atomic mass is 10.0. The van der Waals surface area contributed by atoms with Gasteiger partial charge in [0.05, 0.1) is 11.0 Å². The summed E-state index contributed by atoms with van der Waals surface area (Å²) in [4.78, 5) is 19.1.